The number of unbranched alkanes of at least 4 members (excludes halogenated alkanes) is 3. The fraction of sp³-hybridized carbons (Fsp3) is 0.474. The first kappa shape index (κ1) is 35.8. The molecule has 11 heteroatoms. The number of non-ortho nitro benzene ring substituents is 1. The van der Waals surface area contributed by atoms with Crippen molar-refractivity contribution in [3.05, 3.63) is 87.0 Å². The second-order valence-electron chi connectivity index (χ2n) is 15.8. The number of nitro groups is 1. The van der Waals surface area contributed by atoms with Crippen LogP contribution >= 0.6 is 0 Å². The Morgan fingerprint density at radius 1 is 0.653 bits per heavy atom. The largest absolute Gasteiger partial charge is 0.328 e. The van der Waals surface area contributed by atoms with Gasteiger partial charge in [0.1, 0.15) is 0 Å². The number of quaternary nitrogens is 2. The lowest BCUT2D eigenvalue weighted by molar-refractivity contribution is -0.896. The van der Waals surface area contributed by atoms with Crippen LogP contribution in [-0.4, -0.2) is 115 Å². The molecule has 0 fully saturated rings. The van der Waals surface area contributed by atoms with Gasteiger partial charge in [0.25, 0.3) is 29.3 Å². The Labute approximate surface area is 288 Å². The van der Waals surface area contributed by atoms with Crippen LogP contribution in [0.15, 0.2) is 54.6 Å². The van der Waals surface area contributed by atoms with Crippen molar-refractivity contribution in [1.29, 1.82) is 0 Å². The van der Waals surface area contributed by atoms with Crippen molar-refractivity contribution in [3.63, 3.8) is 0 Å². The molecule has 0 atom stereocenters. The van der Waals surface area contributed by atoms with E-state index in [1.54, 1.807) is 42.5 Å². The fourth-order valence-electron chi connectivity index (χ4n) is 7.75. The predicted octanol–water partition coefficient (Wildman–Crippen LogP) is 5.77. The molecule has 11 nitrogen and oxygen atoms in total. The van der Waals surface area contributed by atoms with E-state index in [0.29, 0.717) is 34.0 Å². The summed E-state index contributed by atoms with van der Waals surface area (Å²) in [6, 6.07) is 14.8. The predicted molar refractivity (Wildman–Crippen MR) is 188 cm³/mol. The third-order valence-electron chi connectivity index (χ3n) is 9.87. The zero-order valence-corrected chi connectivity index (χ0v) is 29.7. The summed E-state index contributed by atoms with van der Waals surface area (Å²) in [6.07, 6.45) is 5.11. The Morgan fingerprint density at radius 3 is 1.80 bits per heavy atom. The number of nitrogens with zero attached hydrogens (tertiary/aromatic N) is 5. The summed E-state index contributed by atoms with van der Waals surface area (Å²) in [6.45, 7) is 8.37. The summed E-state index contributed by atoms with van der Waals surface area (Å²) in [5.74, 6) is -1.23. The van der Waals surface area contributed by atoms with Gasteiger partial charge in [0.05, 0.1) is 76.0 Å². The number of imide groups is 2. The highest BCUT2D eigenvalue weighted by Crippen LogP contribution is 2.35. The van der Waals surface area contributed by atoms with E-state index in [1.807, 2.05) is 0 Å². The maximum atomic E-state index is 13.6. The van der Waals surface area contributed by atoms with E-state index < -0.39 is 16.2 Å². The number of carbonyl (C=O) groups is 4. The molecular formula is C38H49N5O6+2. The van der Waals surface area contributed by atoms with Gasteiger partial charge in [-0.15, -0.1) is 0 Å². The van der Waals surface area contributed by atoms with Crippen LogP contribution in [0, 0.1) is 15.5 Å². The first-order chi connectivity index (χ1) is 23.0. The molecule has 3 aromatic rings. The second-order valence-corrected chi connectivity index (χ2v) is 15.8. The topological polar surface area (TPSA) is 118 Å². The molecule has 0 unspecified atom stereocenters. The van der Waals surface area contributed by atoms with Crippen LogP contribution in [0.3, 0.4) is 0 Å². The third kappa shape index (κ3) is 7.89. The molecular weight excluding hydrogens is 622 g/mol. The molecule has 0 bridgehead atoms. The highest BCUT2D eigenvalue weighted by molar-refractivity contribution is 6.26. The zero-order chi connectivity index (χ0) is 35.7. The number of rotatable bonds is 16. The van der Waals surface area contributed by atoms with Crippen molar-refractivity contribution < 1.29 is 33.1 Å². The number of fused-ring (bicyclic) bond motifs is 1. The van der Waals surface area contributed by atoms with E-state index in [1.165, 1.54) is 21.9 Å². The van der Waals surface area contributed by atoms with E-state index in [9.17, 15) is 29.3 Å². The molecule has 0 radical (unpaired) electrons. The molecule has 2 heterocycles. The van der Waals surface area contributed by atoms with Crippen molar-refractivity contribution in [2.24, 2.45) is 5.41 Å². The van der Waals surface area contributed by atoms with Gasteiger partial charge in [0.15, 0.2) is 0 Å². The zero-order valence-electron chi connectivity index (χ0n) is 29.7. The Kier molecular flexibility index (Phi) is 10.1. The molecule has 2 aliphatic rings. The van der Waals surface area contributed by atoms with E-state index >= 15 is 0 Å². The lowest BCUT2D eigenvalue weighted by Gasteiger charge is -2.40. The standard InChI is InChI=1S/C38H49N5O6/c1-38(2,25-40-36(46)31-18-13-15-27-23-28(41(48)49)24-32(33(27)31)37(40)47)26-43(5,6)21-12-8-7-11-20-42(3,4)22-14-19-39-34(44)29-16-9-10-17-30(29)35(39)45/h9-10,13,15-18,23-24H,7-8,11-12,14,19-22,25-26H2,1-6H3/q+2. The smallest absolute Gasteiger partial charge is 0.270 e. The second kappa shape index (κ2) is 13.8. The summed E-state index contributed by atoms with van der Waals surface area (Å²) in [7, 11) is 8.75. The van der Waals surface area contributed by atoms with Gasteiger partial charge in [-0.1, -0.05) is 38.1 Å². The molecule has 0 saturated carbocycles. The summed E-state index contributed by atoms with van der Waals surface area (Å²) >= 11 is 0. The van der Waals surface area contributed by atoms with Gasteiger partial charge in [0.2, 0.25) is 0 Å². The minimum Gasteiger partial charge on any atom is -0.328 e. The van der Waals surface area contributed by atoms with E-state index in [2.05, 4.69) is 42.0 Å². The van der Waals surface area contributed by atoms with Crippen LogP contribution in [0.5, 0.6) is 0 Å². The number of nitro benzene ring substituents is 1. The number of carbonyl (C=O) groups excluding carboxylic acids is 4. The average molecular weight is 672 g/mol. The van der Waals surface area contributed by atoms with Crippen LogP contribution in [0.2, 0.25) is 0 Å². The van der Waals surface area contributed by atoms with Gasteiger partial charge in [-0.05, 0) is 49.3 Å². The maximum absolute atomic E-state index is 13.6. The van der Waals surface area contributed by atoms with Crippen LogP contribution in [-0.2, 0) is 0 Å². The van der Waals surface area contributed by atoms with Crippen LogP contribution < -0.4 is 0 Å². The number of hydrogen-bond donors (Lipinski definition) is 0. The van der Waals surface area contributed by atoms with Crippen LogP contribution in [0.25, 0.3) is 10.8 Å². The lowest BCUT2D eigenvalue weighted by atomic mass is 9.88. The van der Waals surface area contributed by atoms with Crippen molar-refractivity contribution in [3.8, 4) is 0 Å². The minimum absolute atomic E-state index is 0.165. The van der Waals surface area contributed by atoms with Crippen LogP contribution in [0.4, 0.5) is 5.69 Å². The molecule has 2 aliphatic heterocycles. The number of hydrogen-bond acceptors (Lipinski definition) is 6. The van der Waals surface area contributed by atoms with Gasteiger partial charge in [-0.3, -0.25) is 39.1 Å². The highest BCUT2D eigenvalue weighted by Gasteiger charge is 2.40. The van der Waals surface area contributed by atoms with E-state index in [4.69, 9.17) is 0 Å². The fourth-order valence-corrected chi connectivity index (χ4v) is 7.75. The molecule has 5 rings (SSSR count). The number of benzene rings is 3. The molecule has 0 saturated heterocycles. The summed E-state index contributed by atoms with van der Waals surface area (Å²) in [4.78, 5) is 66.1. The summed E-state index contributed by atoms with van der Waals surface area (Å²) in [5, 5.41) is 12.6. The molecule has 260 valence electrons. The monoisotopic (exact) mass is 671 g/mol. The molecule has 0 spiro atoms. The number of amides is 4. The Bertz CT molecular complexity index is 1780. The first-order valence-corrected chi connectivity index (χ1v) is 17.2. The third-order valence-corrected chi connectivity index (χ3v) is 9.87. The Hall–Kier alpha value is -4.48. The molecule has 0 N–H and O–H groups in total. The van der Waals surface area contributed by atoms with Gasteiger partial charge in [-0.2, -0.15) is 0 Å². The lowest BCUT2D eigenvalue weighted by Crippen LogP contribution is -2.53. The molecule has 0 aliphatic carbocycles. The SMILES string of the molecule is CC(C)(CN1C(=O)c2cccc3cc([N+](=O)[O-])cc(c23)C1=O)C[N+](C)(C)CCCCCC[N+](C)(C)CCCN1C(=O)c2ccccc2C1=O. The molecule has 3 aromatic carbocycles. The normalized spacial score (nSPS) is 15.1. The average Bonchev–Trinajstić information content (AvgIpc) is 3.27. The quantitative estimate of drug-likeness (QED) is 0.0628. The summed E-state index contributed by atoms with van der Waals surface area (Å²) in [5.41, 5.74) is 1.04. The van der Waals surface area contributed by atoms with Gasteiger partial charge < -0.3 is 8.97 Å². The van der Waals surface area contributed by atoms with Gasteiger partial charge in [0, 0.05) is 48.0 Å². The van der Waals surface area contributed by atoms with Gasteiger partial charge >= 0.3 is 0 Å². The molecule has 0 aromatic heterocycles. The Morgan fingerprint density at radius 2 is 1.18 bits per heavy atom. The maximum Gasteiger partial charge on any atom is 0.270 e. The van der Waals surface area contributed by atoms with Crippen molar-refractivity contribution in [2.75, 3.05) is 67.5 Å². The highest BCUT2D eigenvalue weighted by atomic mass is 16.6. The molecule has 49 heavy (non-hydrogen) atoms. The van der Waals surface area contributed by atoms with Crippen molar-refractivity contribution >= 4 is 40.1 Å². The van der Waals surface area contributed by atoms with Crippen molar-refractivity contribution in [1.82, 2.24) is 9.80 Å². The van der Waals surface area contributed by atoms with E-state index in [-0.39, 0.29) is 35.5 Å². The van der Waals surface area contributed by atoms with Crippen molar-refractivity contribution in [2.45, 2.75) is 46.0 Å². The molecule has 4 amide bonds. The first-order valence-electron chi connectivity index (χ1n) is 17.2. The van der Waals surface area contributed by atoms with Crippen LogP contribution in [0.1, 0.15) is 87.4 Å². The Balaban J connectivity index is 1.05. The van der Waals surface area contributed by atoms with E-state index in [0.717, 1.165) is 67.2 Å². The van der Waals surface area contributed by atoms with Gasteiger partial charge in [-0.25, -0.2) is 0 Å². The summed E-state index contributed by atoms with van der Waals surface area (Å²) < 4.78 is 1.57. The minimum atomic E-state index is -0.509.